The zero-order chi connectivity index (χ0) is 54.2. The number of carbonyl (C=O) groups excluding carboxylic acids is 4. The molecule has 6 heterocycles. The maximum Gasteiger partial charge on any atom is 0.417 e. The van der Waals surface area contributed by atoms with E-state index in [9.17, 15) is 32.3 Å². The van der Waals surface area contributed by atoms with E-state index in [2.05, 4.69) is 10.3 Å². The maximum atomic E-state index is 14.4. The van der Waals surface area contributed by atoms with Crippen LogP contribution in [0, 0.1) is 0 Å². The first-order chi connectivity index (χ1) is 35.2. The molecular weight excluding hydrogens is 1070 g/mol. The Kier molecular flexibility index (Phi) is 17.7. The molecule has 414 valence electrons. The summed E-state index contributed by atoms with van der Waals surface area (Å²) in [6.45, 7) is 8.10. The number of halogens is 6. The molecule has 2 aromatic carbocycles. The van der Waals surface area contributed by atoms with Gasteiger partial charge in [0, 0.05) is 38.1 Å². The number of aliphatic imine (C=N–C) groups is 1. The van der Waals surface area contributed by atoms with E-state index in [1.54, 1.807) is 58.0 Å². The van der Waals surface area contributed by atoms with Gasteiger partial charge in [-0.1, -0.05) is 83.3 Å². The Morgan fingerprint density at radius 3 is 2.05 bits per heavy atom. The summed E-state index contributed by atoms with van der Waals surface area (Å²) in [7, 11) is 0. The minimum Gasteiger partial charge on any atom is -0.463 e. The number of ether oxygens (including phenoxy) is 15. The van der Waals surface area contributed by atoms with Gasteiger partial charge in [-0.05, 0) is 33.8 Å². The molecule has 1 amide bonds. The molecule has 0 bridgehead atoms. The van der Waals surface area contributed by atoms with Gasteiger partial charge in [0.1, 0.15) is 74.1 Å². The summed E-state index contributed by atoms with van der Waals surface area (Å²) < 4.78 is 134. The van der Waals surface area contributed by atoms with Gasteiger partial charge in [0.15, 0.2) is 48.9 Å². The normalized spacial score (nSPS) is 35.1. The molecule has 6 aliphatic heterocycles. The molecule has 6 saturated heterocycles. The average Bonchev–Trinajstić information content (AvgIpc) is 3.83. The van der Waals surface area contributed by atoms with E-state index in [1.807, 2.05) is 0 Å². The van der Waals surface area contributed by atoms with Gasteiger partial charge in [-0.15, -0.1) is 0 Å². The number of benzene rings is 2. The van der Waals surface area contributed by atoms with Crippen LogP contribution in [0.25, 0.3) is 0 Å². The first kappa shape index (κ1) is 57.2. The van der Waals surface area contributed by atoms with Crippen LogP contribution in [0.5, 0.6) is 0 Å². The largest absolute Gasteiger partial charge is 0.463 e. The van der Waals surface area contributed by atoms with Crippen LogP contribution >= 0.6 is 34.8 Å². The molecule has 8 rings (SSSR count). The summed E-state index contributed by atoms with van der Waals surface area (Å²) in [5.41, 5.74) is -0.964. The molecule has 16 atom stereocenters. The van der Waals surface area contributed by atoms with E-state index >= 15 is 0 Å². The lowest BCUT2D eigenvalue weighted by Crippen LogP contribution is -2.70. The molecule has 0 spiro atoms. The van der Waals surface area contributed by atoms with Crippen LogP contribution in [0.1, 0.15) is 71.4 Å². The van der Waals surface area contributed by atoms with Crippen LogP contribution in [-0.2, 0) is 91.6 Å². The fraction of sp³-hybridized carbons (Fsp3) is 0.646. The van der Waals surface area contributed by atoms with Gasteiger partial charge < -0.3 is 76.4 Å². The maximum absolute atomic E-state index is 14.4. The number of hydrogen-bond donors (Lipinski definition) is 1. The highest BCUT2D eigenvalue weighted by Crippen LogP contribution is 2.45. The number of hydrogen-bond acceptors (Lipinski definition) is 20. The lowest BCUT2D eigenvalue weighted by Gasteiger charge is -2.51. The van der Waals surface area contributed by atoms with Crippen LogP contribution < -0.4 is 5.32 Å². The Labute approximate surface area is 443 Å². The zero-order valence-electron chi connectivity index (χ0n) is 41.3. The Morgan fingerprint density at radius 2 is 1.37 bits per heavy atom. The van der Waals surface area contributed by atoms with Crippen molar-refractivity contribution in [1.29, 1.82) is 0 Å². The number of rotatable bonds is 14. The van der Waals surface area contributed by atoms with Crippen molar-refractivity contribution in [3.05, 3.63) is 71.3 Å². The van der Waals surface area contributed by atoms with Crippen LogP contribution in [0.4, 0.5) is 18.0 Å². The predicted molar refractivity (Wildman–Crippen MR) is 250 cm³/mol. The van der Waals surface area contributed by atoms with Crippen LogP contribution in [0.15, 0.2) is 59.6 Å². The zero-order valence-corrected chi connectivity index (χ0v) is 43.6. The summed E-state index contributed by atoms with van der Waals surface area (Å²) in [4.78, 5) is 56.4. The van der Waals surface area contributed by atoms with Crippen LogP contribution in [-0.4, -0.2) is 164 Å². The molecule has 1 N–H and O–H groups in total. The first-order valence-corrected chi connectivity index (χ1v) is 24.8. The molecule has 0 unspecified atom stereocenters. The van der Waals surface area contributed by atoms with Gasteiger partial charge >= 0.3 is 30.2 Å². The second-order valence-corrected chi connectivity index (χ2v) is 21.6. The van der Waals surface area contributed by atoms with Crippen molar-refractivity contribution in [1.82, 2.24) is 5.32 Å². The first-order valence-electron chi connectivity index (χ1n) is 23.7. The third-order valence-corrected chi connectivity index (χ3v) is 12.7. The number of alkyl carbamates (subject to hydrolysis) is 1. The minimum absolute atomic E-state index is 0.199. The molecular formula is C48H56Cl3F3N2O19. The van der Waals surface area contributed by atoms with Crippen molar-refractivity contribution < 1.29 is 103 Å². The fourth-order valence-corrected chi connectivity index (χ4v) is 9.66. The number of fused-ring (bicyclic) bond motifs is 4. The molecule has 6 aliphatic rings. The second-order valence-electron chi connectivity index (χ2n) is 19.1. The average molecular weight is 1130 g/mol. The van der Waals surface area contributed by atoms with E-state index < -0.39 is 168 Å². The summed E-state index contributed by atoms with van der Waals surface area (Å²) >= 11 is 17.9. The molecule has 0 radical (unpaired) electrons. The molecule has 0 saturated carbocycles. The highest BCUT2D eigenvalue weighted by molar-refractivity contribution is 6.67. The van der Waals surface area contributed by atoms with Crippen molar-refractivity contribution in [2.45, 2.75) is 168 Å². The second kappa shape index (κ2) is 23.1. The highest BCUT2D eigenvalue weighted by Gasteiger charge is 2.62. The van der Waals surface area contributed by atoms with Gasteiger partial charge in [0.05, 0.1) is 18.8 Å². The van der Waals surface area contributed by atoms with Gasteiger partial charge in [-0.25, -0.2) is 4.79 Å². The SMILES string of the molecule is CC(=O)OC[C@H]1O[C@H](O[C@@H]2[C@@H](NC(=O)OCC(Cl)(Cl)Cl)[C@H](OC[C@H]3O[C@@H]4OC(C)(C)O[C@@H]4[C@H]4OC(C)(C)O[C@H]43)O[C@@H]3CO[C@@H](c4ccccc4)O[C@@H]23)[C@H](N=Cc2ccccc2C(F)(F)F)[C@@H](OC(C)=O)[C@@H]1OC(C)=O. The molecule has 0 aliphatic carbocycles. The van der Waals surface area contributed by atoms with Gasteiger partial charge in [-0.2, -0.15) is 13.2 Å². The number of carbonyl (C=O) groups is 4. The summed E-state index contributed by atoms with van der Waals surface area (Å²) in [6.07, 6.45) is -22.7. The standard InChI is InChI=1S/C48H56Cl3F3N2O19/c1-22(57)61-18-28-33(65-23(2)58)36(66-24(3)59)31(55-17-26-15-11-12-16-27(26)48(52,53)54)42(68-28)71-37-32(56-44(60)64-21-47(49,50)51)41(67-29-19-62-40(70-34(29)37)25-13-9-8-10-14-25)63-20-30-35-38(73-45(4,5)72-35)39-43(69-30)75-46(6,7)74-39/h8-17,28-43H,18-21H2,1-7H3,(H,56,60)/t28-,29-,30-,31-,32-,33-,34-,35+,36-,37-,38+,39-,40-,41-,42-,43-/m1/s1. The minimum atomic E-state index is -4.86. The van der Waals surface area contributed by atoms with Crippen molar-refractivity contribution in [3.8, 4) is 0 Å². The Balaban J connectivity index is 1.22. The summed E-state index contributed by atoms with van der Waals surface area (Å²) in [5, 5.41) is 2.67. The van der Waals surface area contributed by atoms with E-state index in [-0.39, 0.29) is 13.2 Å². The Hall–Kier alpha value is -3.99. The number of amides is 1. The van der Waals surface area contributed by atoms with Gasteiger partial charge in [-0.3, -0.25) is 19.4 Å². The third kappa shape index (κ3) is 14.2. The van der Waals surface area contributed by atoms with E-state index in [1.165, 1.54) is 12.1 Å². The smallest absolute Gasteiger partial charge is 0.417 e. The molecule has 6 fully saturated rings. The molecule has 0 aromatic heterocycles. The van der Waals surface area contributed by atoms with Crippen molar-refractivity contribution in [2.24, 2.45) is 4.99 Å². The van der Waals surface area contributed by atoms with Crippen LogP contribution in [0.3, 0.4) is 0 Å². The van der Waals surface area contributed by atoms with Crippen LogP contribution in [0.2, 0.25) is 0 Å². The lowest BCUT2D eigenvalue weighted by atomic mass is 9.93. The van der Waals surface area contributed by atoms with Crippen molar-refractivity contribution in [3.63, 3.8) is 0 Å². The number of esters is 3. The Morgan fingerprint density at radius 1 is 0.720 bits per heavy atom. The number of nitrogens with zero attached hydrogens (tertiary/aromatic N) is 1. The third-order valence-electron chi connectivity index (χ3n) is 12.4. The topological polar surface area (TPSA) is 231 Å². The van der Waals surface area contributed by atoms with E-state index in [4.69, 9.17) is 106 Å². The lowest BCUT2D eigenvalue weighted by molar-refractivity contribution is -0.372. The number of alkyl halides is 6. The van der Waals surface area contributed by atoms with E-state index in [0.717, 1.165) is 39.1 Å². The Bertz CT molecular complexity index is 2380. The molecule has 2 aromatic rings. The number of nitrogens with one attached hydrogen (secondary N) is 1. The van der Waals surface area contributed by atoms with Gasteiger partial charge in [0.2, 0.25) is 3.79 Å². The quantitative estimate of drug-likeness (QED) is 0.103. The molecule has 21 nitrogen and oxygen atoms in total. The fourth-order valence-electron chi connectivity index (χ4n) is 9.50. The monoisotopic (exact) mass is 1130 g/mol. The van der Waals surface area contributed by atoms with E-state index in [0.29, 0.717) is 5.56 Å². The predicted octanol–water partition coefficient (Wildman–Crippen LogP) is 5.75. The van der Waals surface area contributed by atoms with Crippen molar-refractivity contribution in [2.75, 3.05) is 26.4 Å². The van der Waals surface area contributed by atoms with Gasteiger partial charge in [0.25, 0.3) is 0 Å². The highest BCUT2D eigenvalue weighted by atomic mass is 35.6. The summed E-state index contributed by atoms with van der Waals surface area (Å²) in [5.74, 6) is -4.82. The molecule has 75 heavy (non-hydrogen) atoms. The summed E-state index contributed by atoms with van der Waals surface area (Å²) in [6, 6.07) is 9.91. The van der Waals surface area contributed by atoms with Crippen molar-refractivity contribution >= 4 is 65.0 Å². The molecule has 27 heteroatoms.